The number of alkyl halides is 3. The SMILES string of the molecule is N#CCCN(Cc1ccccn1)C(=O)CCc1ccccc1OC(F)(F)F. The van der Waals surface area contributed by atoms with E-state index in [0.29, 0.717) is 11.3 Å². The maximum atomic E-state index is 12.5. The molecule has 0 aliphatic heterocycles. The van der Waals surface area contributed by atoms with E-state index in [1.165, 1.54) is 23.1 Å². The van der Waals surface area contributed by atoms with Crippen LogP contribution in [0.3, 0.4) is 0 Å². The van der Waals surface area contributed by atoms with Crippen LogP contribution in [-0.4, -0.2) is 28.7 Å². The number of amides is 1. The summed E-state index contributed by atoms with van der Waals surface area (Å²) in [7, 11) is 0. The first kappa shape index (κ1) is 20.2. The van der Waals surface area contributed by atoms with E-state index in [0.717, 1.165) is 0 Å². The zero-order valence-electron chi connectivity index (χ0n) is 14.4. The average Bonchev–Trinajstić information content (AvgIpc) is 2.63. The second kappa shape index (κ2) is 9.57. The summed E-state index contributed by atoms with van der Waals surface area (Å²) in [6, 6.07) is 13.0. The number of carbonyl (C=O) groups is 1. The lowest BCUT2D eigenvalue weighted by Gasteiger charge is -2.21. The van der Waals surface area contributed by atoms with Crippen LogP contribution in [-0.2, 0) is 17.8 Å². The fourth-order valence-corrected chi connectivity index (χ4v) is 2.50. The second-order valence-electron chi connectivity index (χ2n) is 5.70. The minimum absolute atomic E-state index is 0.00348. The predicted octanol–water partition coefficient (Wildman–Crippen LogP) is 3.86. The van der Waals surface area contributed by atoms with Gasteiger partial charge in [-0.2, -0.15) is 5.26 Å². The van der Waals surface area contributed by atoms with E-state index in [9.17, 15) is 18.0 Å². The van der Waals surface area contributed by atoms with Gasteiger partial charge in [-0.1, -0.05) is 24.3 Å². The number of pyridine rings is 1. The maximum Gasteiger partial charge on any atom is 0.573 e. The van der Waals surface area contributed by atoms with Gasteiger partial charge in [-0.3, -0.25) is 9.78 Å². The number of nitriles is 1. The monoisotopic (exact) mass is 377 g/mol. The van der Waals surface area contributed by atoms with Crippen molar-refractivity contribution >= 4 is 5.91 Å². The number of benzene rings is 1. The van der Waals surface area contributed by atoms with Crippen LogP contribution in [0.4, 0.5) is 13.2 Å². The Bertz CT molecular complexity index is 789. The van der Waals surface area contributed by atoms with Crippen molar-refractivity contribution in [3.05, 3.63) is 59.9 Å². The van der Waals surface area contributed by atoms with Gasteiger partial charge >= 0.3 is 6.36 Å². The molecule has 0 bridgehead atoms. The maximum absolute atomic E-state index is 12.5. The first-order valence-electron chi connectivity index (χ1n) is 8.27. The molecule has 0 atom stereocenters. The topological polar surface area (TPSA) is 66.2 Å². The number of aromatic nitrogens is 1. The Hall–Kier alpha value is -3.08. The van der Waals surface area contributed by atoms with Crippen molar-refractivity contribution in [2.45, 2.75) is 32.2 Å². The zero-order valence-corrected chi connectivity index (χ0v) is 14.4. The molecule has 0 aliphatic rings. The molecule has 0 aliphatic carbocycles. The average molecular weight is 377 g/mol. The molecule has 0 saturated heterocycles. The number of hydrogen-bond acceptors (Lipinski definition) is 4. The highest BCUT2D eigenvalue weighted by atomic mass is 19.4. The van der Waals surface area contributed by atoms with Crippen LogP contribution >= 0.6 is 0 Å². The molecule has 0 fully saturated rings. The smallest absolute Gasteiger partial charge is 0.406 e. The number of ether oxygens (including phenoxy) is 1. The fraction of sp³-hybridized carbons (Fsp3) is 0.316. The summed E-state index contributed by atoms with van der Waals surface area (Å²) in [6.45, 7) is 0.467. The quantitative estimate of drug-likeness (QED) is 0.701. The van der Waals surface area contributed by atoms with Crippen molar-refractivity contribution in [2.75, 3.05) is 6.54 Å². The minimum Gasteiger partial charge on any atom is -0.406 e. The molecule has 0 N–H and O–H groups in total. The zero-order chi connectivity index (χ0) is 19.7. The highest BCUT2D eigenvalue weighted by Gasteiger charge is 2.32. The van der Waals surface area contributed by atoms with Crippen LogP contribution in [0.1, 0.15) is 24.1 Å². The van der Waals surface area contributed by atoms with E-state index in [1.54, 1.807) is 30.5 Å². The molecule has 0 spiro atoms. The van der Waals surface area contributed by atoms with Crippen molar-refractivity contribution in [1.29, 1.82) is 5.26 Å². The molecule has 2 aromatic rings. The number of nitrogens with zero attached hydrogens (tertiary/aromatic N) is 3. The molecular formula is C19H18F3N3O2. The lowest BCUT2D eigenvalue weighted by atomic mass is 10.1. The molecule has 8 heteroatoms. The molecule has 0 saturated carbocycles. The van der Waals surface area contributed by atoms with E-state index in [2.05, 4.69) is 9.72 Å². The Morgan fingerprint density at radius 1 is 1.19 bits per heavy atom. The second-order valence-corrected chi connectivity index (χ2v) is 5.70. The molecule has 2 rings (SSSR count). The fourth-order valence-electron chi connectivity index (χ4n) is 2.50. The lowest BCUT2D eigenvalue weighted by molar-refractivity contribution is -0.274. The molecular weight excluding hydrogens is 359 g/mol. The summed E-state index contributed by atoms with van der Waals surface area (Å²) in [5.41, 5.74) is 0.964. The Labute approximate surface area is 155 Å². The summed E-state index contributed by atoms with van der Waals surface area (Å²) < 4.78 is 41.5. The minimum atomic E-state index is -4.79. The van der Waals surface area contributed by atoms with Gasteiger partial charge < -0.3 is 9.64 Å². The molecule has 1 amide bonds. The van der Waals surface area contributed by atoms with Crippen molar-refractivity contribution < 1.29 is 22.7 Å². The van der Waals surface area contributed by atoms with Crippen LogP contribution in [0.5, 0.6) is 5.75 Å². The number of rotatable bonds is 8. The summed E-state index contributed by atoms with van der Waals surface area (Å²) in [6.07, 6.45) is -2.94. The van der Waals surface area contributed by atoms with Crippen LogP contribution in [0.25, 0.3) is 0 Å². The summed E-state index contributed by atoms with van der Waals surface area (Å²) in [5.74, 6) is -0.580. The number of para-hydroxylation sites is 1. The number of carbonyl (C=O) groups excluding carboxylic acids is 1. The Balaban J connectivity index is 2.04. The van der Waals surface area contributed by atoms with E-state index in [1.807, 2.05) is 6.07 Å². The van der Waals surface area contributed by atoms with Gasteiger partial charge in [-0.05, 0) is 30.2 Å². The highest BCUT2D eigenvalue weighted by molar-refractivity contribution is 5.76. The van der Waals surface area contributed by atoms with Crippen molar-refractivity contribution in [3.63, 3.8) is 0 Å². The first-order chi connectivity index (χ1) is 12.9. The number of aryl methyl sites for hydroxylation is 1. The molecule has 1 heterocycles. The Morgan fingerprint density at radius 3 is 2.59 bits per heavy atom. The predicted molar refractivity (Wildman–Crippen MR) is 91.3 cm³/mol. The van der Waals surface area contributed by atoms with Gasteiger partial charge in [0.1, 0.15) is 5.75 Å². The molecule has 1 aromatic carbocycles. The van der Waals surface area contributed by atoms with Crippen molar-refractivity contribution in [2.24, 2.45) is 0 Å². The Kier molecular flexibility index (Phi) is 7.17. The van der Waals surface area contributed by atoms with Crippen LogP contribution in [0.2, 0.25) is 0 Å². The van der Waals surface area contributed by atoms with E-state index >= 15 is 0 Å². The third-order valence-electron chi connectivity index (χ3n) is 3.73. The van der Waals surface area contributed by atoms with Gasteiger partial charge in [-0.25, -0.2) is 0 Å². The van der Waals surface area contributed by atoms with E-state index < -0.39 is 6.36 Å². The van der Waals surface area contributed by atoms with E-state index in [4.69, 9.17) is 5.26 Å². The molecule has 27 heavy (non-hydrogen) atoms. The van der Waals surface area contributed by atoms with Crippen LogP contribution < -0.4 is 4.74 Å². The van der Waals surface area contributed by atoms with Crippen molar-refractivity contribution in [3.8, 4) is 11.8 Å². The largest absolute Gasteiger partial charge is 0.573 e. The number of hydrogen-bond donors (Lipinski definition) is 0. The molecule has 0 radical (unpaired) electrons. The third kappa shape index (κ3) is 6.98. The standard InChI is InChI=1S/C19H18F3N3O2/c20-19(21,22)27-17-8-2-1-6-15(17)9-10-18(26)25(13-5-11-23)14-16-7-3-4-12-24-16/h1-4,6-8,12H,5,9-10,13-14H2. The van der Waals surface area contributed by atoms with Crippen LogP contribution in [0, 0.1) is 11.3 Å². The normalized spacial score (nSPS) is 10.9. The molecule has 142 valence electrons. The van der Waals surface area contributed by atoms with Gasteiger partial charge in [0, 0.05) is 19.2 Å². The third-order valence-corrected chi connectivity index (χ3v) is 3.73. The molecule has 1 aromatic heterocycles. The summed E-state index contributed by atoms with van der Waals surface area (Å²) in [5, 5.41) is 8.79. The van der Waals surface area contributed by atoms with Gasteiger partial charge in [-0.15, -0.1) is 13.2 Å². The molecule has 5 nitrogen and oxygen atoms in total. The van der Waals surface area contributed by atoms with Gasteiger partial charge in [0.15, 0.2) is 0 Å². The highest BCUT2D eigenvalue weighted by Crippen LogP contribution is 2.27. The van der Waals surface area contributed by atoms with Gasteiger partial charge in [0.25, 0.3) is 0 Å². The first-order valence-corrected chi connectivity index (χ1v) is 8.27. The lowest BCUT2D eigenvalue weighted by Crippen LogP contribution is -2.32. The van der Waals surface area contributed by atoms with Crippen LogP contribution in [0.15, 0.2) is 48.7 Å². The van der Waals surface area contributed by atoms with Gasteiger partial charge in [0.05, 0.1) is 24.7 Å². The van der Waals surface area contributed by atoms with Crippen molar-refractivity contribution in [1.82, 2.24) is 9.88 Å². The number of halogens is 3. The summed E-state index contributed by atoms with van der Waals surface area (Å²) >= 11 is 0. The molecule has 0 unspecified atom stereocenters. The Morgan fingerprint density at radius 2 is 1.93 bits per heavy atom. The van der Waals surface area contributed by atoms with Gasteiger partial charge in [0.2, 0.25) is 5.91 Å². The summed E-state index contributed by atoms with van der Waals surface area (Å²) in [4.78, 5) is 18.2. The van der Waals surface area contributed by atoms with E-state index in [-0.39, 0.29) is 44.0 Å².